The van der Waals surface area contributed by atoms with Crippen LogP contribution in [0.3, 0.4) is 0 Å². The number of amides is 2. The van der Waals surface area contributed by atoms with Crippen LogP contribution in [0.25, 0.3) is 33.1 Å². The number of nitrogens with zero attached hydrogens (tertiary/aromatic N) is 5. The average molecular weight is 527 g/mol. The van der Waals surface area contributed by atoms with Crippen LogP contribution in [0.4, 0.5) is 14.9 Å². The third kappa shape index (κ3) is 4.56. The van der Waals surface area contributed by atoms with E-state index in [1.807, 2.05) is 25.2 Å². The van der Waals surface area contributed by atoms with E-state index in [0.29, 0.717) is 48.4 Å². The molecule has 0 spiro atoms. The van der Waals surface area contributed by atoms with Gasteiger partial charge in [0.05, 0.1) is 46.6 Å². The van der Waals surface area contributed by atoms with Crippen LogP contribution in [0.1, 0.15) is 0 Å². The zero-order valence-electron chi connectivity index (χ0n) is 20.9. The number of halogens is 2. The number of pyridine rings is 1. The number of methoxy groups -OCH3 is 1. The van der Waals surface area contributed by atoms with Gasteiger partial charge in [0.25, 0.3) is 0 Å². The van der Waals surface area contributed by atoms with Gasteiger partial charge in [-0.3, -0.25) is 14.1 Å². The minimum atomic E-state index is -0.699. The molecule has 1 aliphatic rings. The second-order valence-corrected chi connectivity index (χ2v) is 9.60. The van der Waals surface area contributed by atoms with Crippen LogP contribution in [0, 0.1) is 5.82 Å². The molecular weight excluding hydrogens is 499 g/mol. The van der Waals surface area contributed by atoms with Crippen molar-refractivity contribution in [3.63, 3.8) is 0 Å². The number of urea groups is 1. The number of anilines is 1. The SMILES string of the molecule is COCCn1c(=O)n(C)c2cnc3ccc(-c4ccc(NC(=O)N5CCN(C)CC5)c(F)c4Cl)cc3c21. The van der Waals surface area contributed by atoms with Gasteiger partial charge in [0.1, 0.15) is 0 Å². The fourth-order valence-corrected chi connectivity index (χ4v) is 4.98. The van der Waals surface area contributed by atoms with Gasteiger partial charge >= 0.3 is 11.7 Å². The van der Waals surface area contributed by atoms with Gasteiger partial charge in [-0.15, -0.1) is 0 Å². The first-order valence-corrected chi connectivity index (χ1v) is 12.4. The lowest BCUT2D eigenvalue weighted by atomic mass is 10.0. The fraction of sp³-hybridized carbons (Fsp3) is 0.346. The number of fused-ring (bicyclic) bond motifs is 3. The molecule has 2 aromatic heterocycles. The van der Waals surface area contributed by atoms with Crippen LogP contribution in [-0.2, 0) is 18.3 Å². The zero-order valence-corrected chi connectivity index (χ0v) is 21.7. The van der Waals surface area contributed by atoms with Crippen LogP contribution in [-0.4, -0.2) is 76.9 Å². The summed E-state index contributed by atoms with van der Waals surface area (Å²) in [5.74, 6) is -0.699. The summed E-state index contributed by atoms with van der Waals surface area (Å²) in [6.07, 6.45) is 1.67. The number of carbonyl (C=O) groups is 1. The monoisotopic (exact) mass is 526 g/mol. The first-order chi connectivity index (χ1) is 17.8. The van der Waals surface area contributed by atoms with Crippen LogP contribution in [0.2, 0.25) is 5.02 Å². The first-order valence-electron chi connectivity index (χ1n) is 12.0. The summed E-state index contributed by atoms with van der Waals surface area (Å²) in [4.78, 5) is 33.8. The van der Waals surface area contributed by atoms with Crippen LogP contribution in [0.15, 0.2) is 41.3 Å². The normalized spacial score (nSPS) is 14.6. The third-order valence-corrected chi connectivity index (χ3v) is 7.28. The van der Waals surface area contributed by atoms with Gasteiger partial charge in [0.2, 0.25) is 0 Å². The molecule has 0 aliphatic carbocycles. The molecule has 9 nitrogen and oxygen atoms in total. The Hall–Kier alpha value is -3.47. The number of likely N-dealkylation sites (N-methyl/N-ethyl adjacent to an activating group) is 1. The lowest BCUT2D eigenvalue weighted by Gasteiger charge is -2.32. The summed E-state index contributed by atoms with van der Waals surface area (Å²) >= 11 is 6.48. The summed E-state index contributed by atoms with van der Waals surface area (Å²) in [6, 6.07) is 8.34. The summed E-state index contributed by atoms with van der Waals surface area (Å²) in [7, 11) is 5.28. The molecule has 2 aromatic carbocycles. The average Bonchev–Trinajstić information content (AvgIpc) is 3.15. The first kappa shape index (κ1) is 25.2. The Morgan fingerprint density at radius 2 is 1.92 bits per heavy atom. The minimum absolute atomic E-state index is 0.0268. The van der Waals surface area contributed by atoms with Crippen molar-refractivity contribution in [2.24, 2.45) is 7.05 Å². The van der Waals surface area contributed by atoms with Gasteiger partial charge in [-0.2, -0.15) is 0 Å². The van der Waals surface area contributed by atoms with E-state index in [0.717, 1.165) is 24.0 Å². The number of aromatic nitrogens is 3. The third-order valence-electron chi connectivity index (χ3n) is 6.91. The van der Waals surface area contributed by atoms with E-state index in [1.54, 1.807) is 40.5 Å². The van der Waals surface area contributed by atoms with Gasteiger partial charge < -0.3 is 19.9 Å². The summed E-state index contributed by atoms with van der Waals surface area (Å²) in [5, 5.41) is 3.30. The molecule has 0 atom stereocenters. The lowest BCUT2D eigenvalue weighted by molar-refractivity contribution is 0.164. The number of benzene rings is 2. The van der Waals surface area contributed by atoms with Gasteiger partial charge in [-0.05, 0) is 30.8 Å². The highest BCUT2D eigenvalue weighted by Gasteiger charge is 2.22. The van der Waals surface area contributed by atoms with Gasteiger partial charge in [0, 0.05) is 51.3 Å². The summed E-state index contributed by atoms with van der Waals surface area (Å²) < 4.78 is 23.7. The van der Waals surface area contributed by atoms with E-state index in [9.17, 15) is 9.59 Å². The molecule has 5 rings (SSSR count). The second-order valence-electron chi connectivity index (χ2n) is 9.22. The molecule has 0 bridgehead atoms. The second kappa shape index (κ2) is 10.1. The number of aryl methyl sites for hydroxylation is 1. The molecular formula is C26H28ClFN6O3. The minimum Gasteiger partial charge on any atom is -0.383 e. The molecule has 1 N–H and O–H groups in total. The highest BCUT2D eigenvalue weighted by atomic mass is 35.5. The number of hydrogen-bond donors (Lipinski definition) is 1. The van der Waals surface area contributed by atoms with E-state index in [1.165, 1.54) is 6.07 Å². The Morgan fingerprint density at radius 1 is 1.16 bits per heavy atom. The smallest absolute Gasteiger partial charge is 0.328 e. The van der Waals surface area contributed by atoms with Crippen LogP contribution >= 0.6 is 11.6 Å². The molecule has 37 heavy (non-hydrogen) atoms. The number of piperazine rings is 1. The van der Waals surface area contributed by atoms with Crippen molar-refractivity contribution < 1.29 is 13.9 Å². The van der Waals surface area contributed by atoms with E-state index in [2.05, 4.69) is 15.2 Å². The zero-order chi connectivity index (χ0) is 26.3. The Kier molecular flexibility index (Phi) is 6.89. The lowest BCUT2D eigenvalue weighted by Crippen LogP contribution is -2.48. The van der Waals surface area contributed by atoms with Gasteiger partial charge in [-0.1, -0.05) is 23.7 Å². The Bertz CT molecular complexity index is 1560. The topological polar surface area (TPSA) is 84.6 Å². The molecule has 1 saturated heterocycles. The van der Waals surface area contributed by atoms with E-state index < -0.39 is 5.82 Å². The molecule has 2 amide bonds. The number of imidazole rings is 1. The summed E-state index contributed by atoms with van der Waals surface area (Å²) in [6.45, 7) is 3.43. The van der Waals surface area contributed by atoms with Crippen molar-refractivity contribution in [2.45, 2.75) is 6.54 Å². The molecule has 3 heterocycles. The molecule has 0 saturated carbocycles. The quantitative estimate of drug-likeness (QED) is 0.428. The van der Waals surface area contributed by atoms with Crippen molar-refractivity contribution >= 4 is 45.3 Å². The number of nitrogens with one attached hydrogen (secondary N) is 1. The van der Waals surface area contributed by atoms with Gasteiger partial charge in [-0.25, -0.2) is 14.0 Å². The highest BCUT2D eigenvalue weighted by molar-refractivity contribution is 6.34. The Labute approximate surface area is 218 Å². The summed E-state index contributed by atoms with van der Waals surface area (Å²) in [5.41, 5.74) is 3.10. The maximum absolute atomic E-state index is 15.3. The van der Waals surface area contributed by atoms with E-state index in [4.69, 9.17) is 16.3 Å². The molecule has 4 aromatic rings. The number of rotatable bonds is 5. The van der Waals surface area contributed by atoms with Crippen LogP contribution < -0.4 is 11.0 Å². The molecule has 0 unspecified atom stereocenters. The van der Waals surface area contributed by atoms with Crippen molar-refractivity contribution in [2.75, 3.05) is 52.3 Å². The molecule has 194 valence electrons. The van der Waals surface area contributed by atoms with Crippen molar-refractivity contribution in [3.8, 4) is 11.1 Å². The number of ether oxygens (including phenoxy) is 1. The van der Waals surface area contributed by atoms with Crippen molar-refractivity contribution in [1.82, 2.24) is 23.9 Å². The predicted octanol–water partition coefficient (Wildman–Crippen LogP) is 3.77. The van der Waals surface area contributed by atoms with E-state index in [-0.39, 0.29) is 22.4 Å². The van der Waals surface area contributed by atoms with Crippen LogP contribution in [0.5, 0.6) is 0 Å². The Balaban J connectivity index is 1.52. The molecule has 11 heteroatoms. The Morgan fingerprint density at radius 3 is 2.65 bits per heavy atom. The van der Waals surface area contributed by atoms with Crippen molar-refractivity contribution in [1.29, 1.82) is 0 Å². The maximum Gasteiger partial charge on any atom is 0.328 e. The number of carbonyl (C=O) groups excluding carboxylic acids is 1. The number of hydrogen-bond acceptors (Lipinski definition) is 5. The standard InChI is InChI=1S/C26H28ClFN6O3/c1-31-8-10-33(11-9-31)25(35)30-20-7-5-17(22(27)23(20)28)16-4-6-19-18(14-16)24-21(15-29-19)32(2)26(36)34(24)12-13-37-3/h4-7,14-15H,8-13H2,1-3H3,(H,30,35). The van der Waals surface area contributed by atoms with Gasteiger partial charge in [0.15, 0.2) is 5.82 Å². The highest BCUT2D eigenvalue weighted by Crippen LogP contribution is 2.36. The maximum atomic E-state index is 15.3. The predicted molar refractivity (Wildman–Crippen MR) is 143 cm³/mol. The van der Waals surface area contributed by atoms with Crippen molar-refractivity contribution in [3.05, 3.63) is 57.9 Å². The fourth-order valence-electron chi connectivity index (χ4n) is 4.71. The molecule has 1 fully saturated rings. The molecule has 1 aliphatic heterocycles. The largest absolute Gasteiger partial charge is 0.383 e. The van der Waals surface area contributed by atoms with E-state index >= 15 is 4.39 Å². The molecule has 0 radical (unpaired) electrons.